The van der Waals surface area contributed by atoms with Crippen LogP contribution in [0.1, 0.15) is 56.2 Å². The smallest absolute Gasteiger partial charge is 0.133 e. The highest BCUT2D eigenvalue weighted by Crippen LogP contribution is 2.33. The molecule has 0 bridgehead atoms. The summed E-state index contributed by atoms with van der Waals surface area (Å²) in [6, 6.07) is 2.65. The fourth-order valence-electron chi connectivity index (χ4n) is 2.85. The molecule has 0 heterocycles. The molecule has 0 saturated heterocycles. The Kier molecular flexibility index (Phi) is 6.49. The first kappa shape index (κ1) is 16.8. The third-order valence-corrected chi connectivity index (χ3v) is 5.58. The molecule has 1 unspecified atom stereocenters. The molecule has 1 saturated carbocycles. The van der Waals surface area contributed by atoms with Crippen molar-refractivity contribution in [3.05, 3.63) is 34.9 Å². The minimum Gasteiger partial charge on any atom is -0.309 e. The largest absolute Gasteiger partial charge is 0.309 e. The van der Waals surface area contributed by atoms with E-state index in [0.717, 1.165) is 18.7 Å². The van der Waals surface area contributed by atoms with Gasteiger partial charge in [0.25, 0.3) is 0 Å². The summed E-state index contributed by atoms with van der Waals surface area (Å²) >= 11 is 1.86. The first-order valence-corrected chi connectivity index (χ1v) is 8.97. The normalized spacial score (nSPS) is 17.3. The number of thioether (sulfide) groups is 1. The fraction of sp³-hybridized carbons (Fsp3) is 0.647. The zero-order chi connectivity index (χ0) is 15.2. The van der Waals surface area contributed by atoms with Gasteiger partial charge in [0.05, 0.1) is 0 Å². The van der Waals surface area contributed by atoms with Crippen molar-refractivity contribution in [3.63, 3.8) is 0 Å². The van der Waals surface area contributed by atoms with Crippen LogP contribution in [0.4, 0.5) is 8.78 Å². The average Bonchev–Trinajstić information content (AvgIpc) is 2.98. The van der Waals surface area contributed by atoms with Gasteiger partial charge in [-0.05, 0) is 44.4 Å². The van der Waals surface area contributed by atoms with Gasteiger partial charge in [0, 0.05) is 22.6 Å². The molecule has 0 spiro atoms. The van der Waals surface area contributed by atoms with Gasteiger partial charge in [-0.15, -0.1) is 0 Å². The van der Waals surface area contributed by atoms with E-state index in [4.69, 9.17) is 0 Å². The predicted octanol–water partition coefficient (Wildman–Crippen LogP) is 4.99. The van der Waals surface area contributed by atoms with Crippen LogP contribution in [-0.4, -0.2) is 17.5 Å². The molecule has 21 heavy (non-hydrogen) atoms. The quantitative estimate of drug-likeness (QED) is 0.761. The van der Waals surface area contributed by atoms with Crippen molar-refractivity contribution < 1.29 is 8.78 Å². The van der Waals surface area contributed by atoms with E-state index in [1.54, 1.807) is 6.92 Å². The first-order chi connectivity index (χ1) is 10.1. The third kappa shape index (κ3) is 4.43. The van der Waals surface area contributed by atoms with Crippen LogP contribution in [0.2, 0.25) is 0 Å². The molecular formula is C17H25F2NS. The summed E-state index contributed by atoms with van der Waals surface area (Å²) in [5.41, 5.74) is 0.731. The van der Waals surface area contributed by atoms with Crippen molar-refractivity contribution in [2.45, 2.75) is 57.2 Å². The summed E-state index contributed by atoms with van der Waals surface area (Å²) in [6.07, 6.45) is 6.02. The minimum absolute atomic E-state index is 0.217. The topological polar surface area (TPSA) is 12.0 Å². The second-order valence-corrected chi connectivity index (χ2v) is 7.17. The molecule has 1 atom stereocenters. The number of hydrogen-bond donors (Lipinski definition) is 1. The highest BCUT2D eigenvalue weighted by molar-refractivity contribution is 7.99. The Morgan fingerprint density at radius 1 is 1.29 bits per heavy atom. The minimum atomic E-state index is -0.432. The Hall–Kier alpha value is -0.610. The molecule has 0 aromatic heterocycles. The van der Waals surface area contributed by atoms with Crippen molar-refractivity contribution in [2.75, 3.05) is 12.3 Å². The Labute approximate surface area is 130 Å². The Bertz CT molecular complexity index is 458. The molecule has 1 aliphatic rings. The predicted molar refractivity (Wildman–Crippen MR) is 86.8 cm³/mol. The summed E-state index contributed by atoms with van der Waals surface area (Å²) < 4.78 is 28.5. The molecule has 0 aliphatic heterocycles. The number of nitrogens with one attached hydrogen (secondary N) is 1. The lowest BCUT2D eigenvalue weighted by Crippen LogP contribution is -2.27. The van der Waals surface area contributed by atoms with E-state index in [0.29, 0.717) is 10.8 Å². The first-order valence-electron chi connectivity index (χ1n) is 7.93. The molecule has 1 N–H and O–H groups in total. The maximum Gasteiger partial charge on any atom is 0.133 e. The van der Waals surface area contributed by atoms with Gasteiger partial charge in [0.15, 0.2) is 0 Å². The van der Waals surface area contributed by atoms with Crippen molar-refractivity contribution in [1.29, 1.82) is 0 Å². The fourth-order valence-corrected chi connectivity index (χ4v) is 4.26. The number of rotatable bonds is 7. The molecule has 1 fully saturated rings. The molecule has 0 amide bonds. The van der Waals surface area contributed by atoms with Gasteiger partial charge in [-0.2, -0.15) is 11.8 Å². The van der Waals surface area contributed by atoms with Crippen LogP contribution < -0.4 is 5.32 Å². The summed E-state index contributed by atoms with van der Waals surface area (Å²) in [7, 11) is 0. The van der Waals surface area contributed by atoms with Gasteiger partial charge < -0.3 is 5.32 Å². The lowest BCUT2D eigenvalue weighted by molar-refractivity contribution is 0.488. The Morgan fingerprint density at radius 3 is 2.67 bits per heavy atom. The van der Waals surface area contributed by atoms with Crippen LogP contribution >= 0.6 is 11.8 Å². The van der Waals surface area contributed by atoms with E-state index in [9.17, 15) is 8.78 Å². The Balaban J connectivity index is 2.12. The van der Waals surface area contributed by atoms with Gasteiger partial charge in [-0.3, -0.25) is 0 Å². The van der Waals surface area contributed by atoms with E-state index in [1.165, 1.54) is 37.8 Å². The maximum absolute atomic E-state index is 14.4. The lowest BCUT2D eigenvalue weighted by Gasteiger charge is -2.22. The van der Waals surface area contributed by atoms with Gasteiger partial charge in [0.2, 0.25) is 0 Å². The zero-order valence-electron chi connectivity index (χ0n) is 12.9. The van der Waals surface area contributed by atoms with Crippen molar-refractivity contribution in [1.82, 2.24) is 5.32 Å². The summed E-state index contributed by atoms with van der Waals surface area (Å²) in [5, 5.41) is 3.98. The standard InChI is InChI=1S/C17H25F2NS/c1-3-10-20-15(11-21-13-6-4-5-7-13)16-14(18)9-8-12(2)17(16)19/h8-9,13,15,20H,3-7,10-11H2,1-2H3. The van der Waals surface area contributed by atoms with Gasteiger partial charge in [-0.25, -0.2) is 8.78 Å². The maximum atomic E-state index is 14.4. The number of aryl methyl sites for hydroxylation is 1. The van der Waals surface area contributed by atoms with Crippen molar-refractivity contribution in [2.24, 2.45) is 0 Å². The highest BCUT2D eigenvalue weighted by atomic mass is 32.2. The molecule has 4 heteroatoms. The SMILES string of the molecule is CCCNC(CSC1CCCC1)c1c(F)ccc(C)c1F. The number of benzene rings is 1. The van der Waals surface area contributed by atoms with E-state index in [-0.39, 0.29) is 11.6 Å². The molecule has 1 aromatic rings. The van der Waals surface area contributed by atoms with Gasteiger partial charge in [-0.1, -0.05) is 25.8 Å². The average molecular weight is 313 g/mol. The van der Waals surface area contributed by atoms with Gasteiger partial charge in [0.1, 0.15) is 11.6 Å². The second kappa shape index (κ2) is 8.14. The van der Waals surface area contributed by atoms with E-state index in [2.05, 4.69) is 12.2 Å². The van der Waals surface area contributed by atoms with Crippen molar-refractivity contribution >= 4 is 11.8 Å². The van der Waals surface area contributed by atoms with Crippen LogP contribution in [-0.2, 0) is 0 Å². The molecule has 1 aromatic carbocycles. The number of halogens is 2. The molecule has 2 rings (SSSR count). The summed E-state index contributed by atoms with van der Waals surface area (Å²) in [6.45, 7) is 4.54. The molecule has 0 radical (unpaired) electrons. The van der Waals surface area contributed by atoms with Crippen LogP contribution in [0.3, 0.4) is 0 Å². The number of hydrogen-bond acceptors (Lipinski definition) is 2. The molecule has 1 nitrogen and oxygen atoms in total. The van der Waals surface area contributed by atoms with Crippen LogP contribution in [0.15, 0.2) is 12.1 Å². The molecule has 118 valence electrons. The molecule has 1 aliphatic carbocycles. The van der Waals surface area contributed by atoms with E-state index < -0.39 is 11.6 Å². The lowest BCUT2D eigenvalue weighted by atomic mass is 10.0. The van der Waals surface area contributed by atoms with E-state index in [1.807, 2.05) is 11.8 Å². The van der Waals surface area contributed by atoms with Gasteiger partial charge >= 0.3 is 0 Å². The van der Waals surface area contributed by atoms with Crippen LogP contribution in [0.5, 0.6) is 0 Å². The summed E-state index contributed by atoms with van der Waals surface area (Å²) in [5.74, 6) is -0.0866. The highest BCUT2D eigenvalue weighted by Gasteiger charge is 2.23. The Morgan fingerprint density at radius 2 is 2.00 bits per heavy atom. The van der Waals surface area contributed by atoms with E-state index >= 15 is 0 Å². The van der Waals surface area contributed by atoms with Crippen molar-refractivity contribution in [3.8, 4) is 0 Å². The summed E-state index contributed by atoms with van der Waals surface area (Å²) in [4.78, 5) is 0. The monoisotopic (exact) mass is 313 g/mol. The van der Waals surface area contributed by atoms with Crippen LogP contribution in [0, 0.1) is 18.6 Å². The van der Waals surface area contributed by atoms with Crippen LogP contribution in [0.25, 0.3) is 0 Å². The second-order valence-electron chi connectivity index (χ2n) is 5.84. The zero-order valence-corrected chi connectivity index (χ0v) is 13.7. The third-order valence-electron chi connectivity index (χ3n) is 4.11. The molecular weight excluding hydrogens is 288 g/mol.